The van der Waals surface area contributed by atoms with E-state index in [0.717, 1.165) is 48.5 Å². The van der Waals surface area contributed by atoms with E-state index in [0.29, 0.717) is 12.3 Å². The van der Waals surface area contributed by atoms with Crippen molar-refractivity contribution in [1.29, 1.82) is 0 Å². The molecule has 1 aliphatic heterocycles. The Labute approximate surface area is 159 Å². The summed E-state index contributed by atoms with van der Waals surface area (Å²) in [7, 11) is 0. The van der Waals surface area contributed by atoms with Crippen molar-refractivity contribution in [2.24, 2.45) is 0 Å². The summed E-state index contributed by atoms with van der Waals surface area (Å²) in [5.74, 6) is 0.583. The first-order valence-electron chi connectivity index (χ1n) is 9.44. The zero-order valence-corrected chi connectivity index (χ0v) is 15.2. The summed E-state index contributed by atoms with van der Waals surface area (Å²) in [6.07, 6.45) is 4.21. The number of imidazole rings is 1. The van der Waals surface area contributed by atoms with Crippen LogP contribution in [0.4, 0.5) is 0 Å². The number of benzene rings is 2. The average molecular weight is 361 g/mol. The number of carbonyl (C=O) groups excluding carboxylic acids is 1. The Morgan fingerprint density at radius 3 is 2.52 bits per heavy atom. The molecule has 1 aliphatic rings. The van der Waals surface area contributed by atoms with Crippen molar-refractivity contribution in [2.45, 2.75) is 38.8 Å². The Morgan fingerprint density at radius 1 is 1.00 bits per heavy atom. The molecule has 5 heteroatoms. The molecule has 1 N–H and O–H groups in total. The molecule has 0 saturated carbocycles. The lowest BCUT2D eigenvalue weighted by Gasteiger charge is -2.09. The van der Waals surface area contributed by atoms with Crippen LogP contribution in [0.3, 0.4) is 0 Å². The lowest BCUT2D eigenvalue weighted by atomic mass is 10.1. The molecule has 0 fully saturated rings. The van der Waals surface area contributed by atoms with Crippen molar-refractivity contribution in [3.05, 3.63) is 77.6 Å². The van der Waals surface area contributed by atoms with Gasteiger partial charge in [0, 0.05) is 12.1 Å². The molecule has 0 atom stereocenters. The minimum absolute atomic E-state index is 0.279. The quantitative estimate of drug-likeness (QED) is 0.695. The third-order valence-corrected chi connectivity index (χ3v) is 4.86. The van der Waals surface area contributed by atoms with E-state index in [4.69, 9.17) is 9.82 Å². The minimum atomic E-state index is -0.279. The van der Waals surface area contributed by atoms with E-state index < -0.39 is 0 Å². The van der Waals surface area contributed by atoms with Crippen LogP contribution in [0.15, 0.2) is 60.7 Å². The average Bonchev–Trinajstić information content (AvgIpc) is 2.90. The van der Waals surface area contributed by atoms with Crippen LogP contribution in [0, 0.1) is 0 Å². The predicted octanol–water partition coefficient (Wildman–Crippen LogP) is 4.14. The zero-order chi connectivity index (χ0) is 18.5. The van der Waals surface area contributed by atoms with E-state index in [-0.39, 0.29) is 5.91 Å². The van der Waals surface area contributed by atoms with E-state index >= 15 is 0 Å². The number of rotatable bonds is 5. The molecular weight excluding hydrogens is 338 g/mol. The molecule has 138 valence electrons. The summed E-state index contributed by atoms with van der Waals surface area (Å²) in [6.45, 7) is 1.22. The third-order valence-electron chi connectivity index (χ3n) is 4.86. The van der Waals surface area contributed by atoms with Gasteiger partial charge < -0.3 is 4.57 Å². The maximum absolute atomic E-state index is 12.8. The standard InChI is InChI=1S/C22H23N3O2/c26-22(24-27-16-17-10-4-1-5-11-17)20-19-14-8-3-9-15-25(19)21(23-20)18-12-6-2-7-13-18/h1-2,4-7,10-13H,3,8-9,14-16H2,(H,24,26). The van der Waals surface area contributed by atoms with Gasteiger partial charge in [0.15, 0.2) is 5.69 Å². The molecule has 2 heterocycles. The fourth-order valence-corrected chi connectivity index (χ4v) is 3.52. The molecule has 0 radical (unpaired) electrons. The van der Waals surface area contributed by atoms with Crippen LogP contribution in [0.1, 0.15) is 41.0 Å². The molecule has 3 aromatic rings. The summed E-state index contributed by atoms with van der Waals surface area (Å²) in [6, 6.07) is 19.8. The number of fused-ring (bicyclic) bond motifs is 1. The van der Waals surface area contributed by atoms with Crippen LogP contribution >= 0.6 is 0 Å². The van der Waals surface area contributed by atoms with Gasteiger partial charge in [0.2, 0.25) is 0 Å². The maximum Gasteiger partial charge on any atom is 0.295 e. The number of nitrogens with zero attached hydrogens (tertiary/aromatic N) is 2. The monoisotopic (exact) mass is 361 g/mol. The molecule has 1 aromatic heterocycles. The highest BCUT2D eigenvalue weighted by Crippen LogP contribution is 2.27. The second-order valence-electron chi connectivity index (χ2n) is 6.76. The van der Waals surface area contributed by atoms with Crippen molar-refractivity contribution in [2.75, 3.05) is 0 Å². The fourth-order valence-electron chi connectivity index (χ4n) is 3.52. The van der Waals surface area contributed by atoms with E-state index in [1.165, 1.54) is 6.42 Å². The Hall–Kier alpha value is -2.92. The van der Waals surface area contributed by atoms with Crippen LogP contribution in [0.25, 0.3) is 11.4 Å². The molecule has 1 amide bonds. The van der Waals surface area contributed by atoms with Gasteiger partial charge in [0.05, 0.1) is 12.3 Å². The van der Waals surface area contributed by atoms with Crippen molar-refractivity contribution in [1.82, 2.24) is 15.0 Å². The molecule has 2 aromatic carbocycles. The first kappa shape index (κ1) is 17.5. The van der Waals surface area contributed by atoms with Gasteiger partial charge in [-0.3, -0.25) is 9.63 Å². The number of nitrogens with one attached hydrogen (secondary N) is 1. The summed E-state index contributed by atoms with van der Waals surface area (Å²) >= 11 is 0. The van der Waals surface area contributed by atoms with Crippen LogP contribution in [-0.2, 0) is 24.4 Å². The Balaban J connectivity index is 1.56. The smallest absolute Gasteiger partial charge is 0.295 e. The maximum atomic E-state index is 12.8. The number of carbonyl (C=O) groups is 1. The van der Waals surface area contributed by atoms with Crippen molar-refractivity contribution >= 4 is 5.91 Å². The zero-order valence-electron chi connectivity index (χ0n) is 15.2. The van der Waals surface area contributed by atoms with Crippen LogP contribution < -0.4 is 5.48 Å². The molecule has 0 unspecified atom stereocenters. The molecule has 0 saturated heterocycles. The number of aromatic nitrogens is 2. The Bertz CT molecular complexity index is 904. The molecule has 0 aliphatic carbocycles. The van der Waals surface area contributed by atoms with Gasteiger partial charge >= 0.3 is 0 Å². The van der Waals surface area contributed by atoms with E-state index in [2.05, 4.69) is 10.0 Å². The predicted molar refractivity (Wildman–Crippen MR) is 104 cm³/mol. The van der Waals surface area contributed by atoms with Gasteiger partial charge in [-0.25, -0.2) is 10.5 Å². The SMILES string of the molecule is O=C(NOCc1ccccc1)c1nc(-c2ccccc2)n2c1CCCCC2. The lowest BCUT2D eigenvalue weighted by Crippen LogP contribution is -2.25. The van der Waals surface area contributed by atoms with Crippen molar-refractivity contribution in [3.8, 4) is 11.4 Å². The van der Waals surface area contributed by atoms with Gasteiger partial charge in [-0.2, -0.15) is 0 Å². The molecular formula is C22H23N3O2. The molecule has 0 bridgehead atoms. The summed E-state index contributed by atoms with van der Waals surface area (Å²) in [4.78, 5) is 22.9. The number of hydroxylamine groups is 1. The highest BCUT2D eigenvalue weighted by atomic mass is 16.6. The lowest BCUT2D eigenvalue weighted by molar-refractivity contribution is 0.0229. The first-order chi connectivity index (χ1) is 13.3. The summed E-state index contributed by atoms with van der Waals surface area (Å²) in [5, 5.41) is 0. The second-order valence-corrected chi connectivity index (χ2v) is 6.76. The van der Waals surface area contributed by atoms with Gasteiger partial charge in [-0.1, -0.05) is 67.1 Å². The number of hydrogen-bond acceptors (Lipinski definition) is 3. The van der Waals surface area contributed by atoms with Crippen LogP contribution in [-0.4, -0.2) is 15.5 Å². The van der Waals surface area contributed by atoms with Crippen molar-refractivity contribution < 1.29 is 9.63 Å². The van der Waals surface area contributed by atoms with E-state index in [9.17, 15) is 4.79 Å². The number of amides is 1. The Morgan fingerprint density at radius 2 is 1.74 bits per heavy atom. The van der Waals surface area contributed by atoms with Gasteiger partial charge in [0.1, 0.15) is 5.82 Å². The Kier molecular flexibility index (Phi) is 5.30. The normalized spacial score (nSPS) is 13.6. The topological polar surface area (TPSA) is 56.1 Å². The van der Waals surface area contributed by atoms with Gasteiger partial charge in [-0.15, -0.1) is 0 Å². The molecule has 27 heavy (non-hydrogen) atoms. The van der Waals surface area contributed by atoms with Crippen LogP contribution in [0.5, 0.6) is 0 Å². The summed E-state index contributed by atoms with van der Waals surface area (Å²) in [5.41, 5.74) is 6.09. The minimum Gasteiger partial charge on any atom is -0.327 e. The largest absolute Gasteiger partial charge is 0.327 e. The van der Waals surface area contributed by atoms with Crippen molar-refractivity contribution in [3.63, 3.8) is 0 Å². The first-order valence-corrected chi connectivity index (χ1v) is 9.44. The van der Waals surface area contributed by atoms with E-state index in [1.807, 2.05) is 60.7 Å². The van der Waals surface area contributed by atoms with E-state index in [1.54, 1.807) is 0 Å². The van der Waals surface area contributed by atoms with Gasteiger partial charge in [-0.05, 0) is 24.8 Å². The molecule has 5 nitrogen and oxygen atoms in total. The second kappa shape index (κ2) is 8.18. The highest BCUT2D eigenvalue weighted by molar-refractivity contribution is 5.93. The molecule has 0 spiro atoms. The fraction of sp³-hybridized carbons (Fsp3) is 0.273. The third kappa shape index (κ3) is 3.93. The summed E-state index contributed by atoms with van der Waals surface area (Å²) < 4.78 is 2.20. The van der Waals surface area contributed by atoms with Gasteiger partial charge in [0.25, 0.3) is 5.91 Å². The number of hydrogen-bond donors (Lipinski definition) is 1. The highest BCUT2D eigenvalue weighted by Gasteiger charge is 2.24. The van der Waals surface area contributed by atoms with Crippen LogP contribution in [0.2, 0.25) is 0 Å². The molecule has 4 rings (SSSR count).